The molecule has 2 N–H and O–H groups in total. The number of hydrogen-bond acceptors (Lipinski definition) is 4. The molecule has 3 rings (SSSR count). The molecule has 0 aliphatic carbocycles. The third-order valence-electron chi connectivity index (χ3n) is 3.81. The Bertz CT molecular complexity index is 834. The van der Waals surface area contributed by atoms with Crippen molar-refractivity contribution in [2.24, 2.45) is 5.73 Å². The molecule has 1 atom stereocenters. The summed E-state index contributed by atoms with van der Waals surface area (Å²) in [7, 11) is 0. The van der Waals surface area contributed by atoms with Gasteiger partial charge in [-0.05, 0) is 24.3 Å². The monoisotopic (exact) mass is 335 g/mol. The number of halogens is 3. The van der Waals surface area contributed by atoms with E-state index in [-0.39, 0.29) is 11.4 Å². The van der Waals surface area contributed by atoms with E-state index in [4.69, 9.17) is 5.73 Å². The molecule has 8 heteroatoms. The van der Waals surface area contributed by atoms with Gasteiger partial charge in [0.15, 0.2) is 0 Å². The highest BCUT2D eigenvalue weighted by Gasteiger charge is 2.32. The zero-order valence-corrected chi connectivity index (χ0v) is 12.2. The van der Waals surface area contributed by atoms with Crippen molar-refractivity contribution >= 4 is 17.5 Å². The van der Waals surface area contributed by atoms with Crippen LogP contribution in [-0.4, -0.2) is 4.92 Å². The lowest BCUT2D eigenvalue weighted by Gasteiger charge is -2.32. The van der Waals surface area contributed by atoms with E-state index in [0.717, 1.165) is 12.1 Å². The van der Waals surface area contributed by atoms with Gasteiger partial charge in [-0.2, -0.15) is 13.2 Å². The lowest BCUT2D eigenvalue weighted by Crippen LogP contribution is -2.33. The lowest BCUT2D eigenvalue weighted by molar-refractivity contribution is -0.385. The lowest BCUT2D eigenvalue weighted by atomic mass is 9.99. The van der Waals surface area contributed by atoms with Gasteiger partial charge >= 0.3 is 6.18 Å². The Balaban J connectivity index is 2.04. The maximum Gasteiger partial charge on any atom is 0.416 e. The van der Waals surface area contributed by atoms with E-state index in [1.165, 1.54) is 41.4 Å². The van der Waals surface area contributed by atoms with Gasteiger partial charge in [-0.15, -0.1) is 0 Å². The Hall–Kier alpha value is -2.87. The molecule has 0 saturated heterocycles. The van der Waals surface area contributed by atoms with Gasteiger partial charge in [-0.1, -0.05) is 18.2 Å². The van der Waals surface area contributed by atoms with Crippen LogP contribution in [0.4, 0.5) is 24.5 Å². The summed E-state index contributed by atoms with van der Waals surface area (Å²) in [5.41, 5.74) is 6.33. The average molecular weight is 335 g/mol. The van der Waals surface area contributed by atoms with Gasteiger partial charge in [-0.25, -0.2) is 0 Å². The first-order chi connectivity index (χ1) is 11.3. The molecule has 1 aliphatic heterocycles. The van der Waals surface area contributed by atoms with Crippen LogP contribution >= 0.6 is 0 Å². The highest BCUT2D eigenvalue weighted by atomic mass is 19.4. The summed E-state index contributed by atoms with van der Waals surface area (Å²) >= 11 is 0. The molecule has 0 bridgehead atoms. The molecule has 0 amide bonds. The highest BCUT2D eigenvalue weighted by Crippen LogP contribution is 2.37. The molecule has 2 aromatic rings. The number of nitrogens with two attached hydrogens (primary N) is 1. The van der Waals surface area contributed by atoms with Crippen molar-refractivity contribution < 1.29 is 18.1 Å². The SMILES string of the molecule is NC1c2cccc([N+](=O)[O-])c2C=CN1c1cccc(C(F)(F)F)c1. The first kappa shape index (κ1) is 16.0. The fourth-order valence-corrected chi connectivity index (χ4v) is 2.66. The van der Waals surface area contributed by atoms with Gasteiger partial charge in [0.2, 0.25) is 0 Å². The number of fused-ring (bicyclic) bond motifs is 1. The molecule has 2 aromatic carbocycles. The van der Waals surface area contributed by atoms with Crippen LogP contribution in [0.15, 0.2) is 48.7 Å². The number of rotatable bonds is 2. The van der Waals surface area contributed by atoms with Gasteiger partial charge in [0.1, 0.15) is 6.17 Å². The minimum atomic E-state index is -4.46. The quantitative estimate of drug-likeness (QED) is 0.663. The zero-order valence-electron chi connectivity index (χ0n) is 12.2. The fraction of sp³-hybridized carbons (Fsp3) is 0.125. The summed E-state index contributed by atoms with van der Waals surface area (Å²) in [5, 5.41) is 11.1. The van der Waals surface area contributed by atoms with Crippen LogP contribution in [0.3, 0.4) is 0 Å². The first-order valence-corrected chi connectivity index (χ1v) is 6.96. The number of nitro benzene ring substituents is 1. The summed E-state index contributed by atoms with van der Waals surface area (Å²) in [4.78, 5) is 12.0. The molecule has 5 nitrogen and oxygen atoms in total. The number of anilines is 1. The largest absolute Gasteiger partial charge is 0.416 e. The minimum Gasteiger partial charge on any atom is -0.328 e. The van der Waals surface area contributed by atoms with Crippen molar-refractivity contribution in [1.29, 1.82) is 0 Å². The number of alkyl halides is 3. The van der Waals surface area contributed by atoms with Crippen LogP contribution in [-0.2, 0) is 6.18 Å². The second kappa shape index (κ2) is 5.64. The molecule has 124 valence electrons. The van der Waals surface area contributed by atoms with Crippen molar-refractivity contribution in [3.8, 4) is 0 Å². The summed E-state index contributed by atoms with van der Waals surface area (Å²) in [6, 6.07) is 9.24. The van der Waals surface area contributed by atoms with Gasteiger partial charge in [0.05, 0.1) is 16.1 Å². The van der Waals surface area contributed by atoms with Crippen LogP contribution in [0.2, 0.25) is 0 Å². The summed E-state index contributed by atoms with van der Waals surface area (Å²) in [5.74, 6) is 0. The molecule has 1 heterocycles. The Morgan fingerprint density at radius 2 is 1.88 bits per heavy atom. The summed E-state index contributed by atoms with van der Waals surface area (Å²) < 4.78 is 38.6. The van der Waals surface area contributed by atoms with E-state index in [0.29, 0.717) is 11.1 Å². The second-order valence-electron chi connectivity index (χ2n) is 5.25. The van der Waals surface area contributed by atoms with Gasteiger partial charge in [0.25, 0.3) is 5.69 Å². The second-order valence-corrected chi connectivity index (χ2v) is 5.25. The molecule has 0 radical (unpaired) electrons. The molecule has 1 aliphatic rings. The zero-order chi connectivity index (χ0) is 17.5. The maximum atomic E-state index is 12.9. The predicted octanol–water partition coefficient (Wildman–Crippen LogP) is 4.06. The summed E-state index contributed by atoms with van der Waals surface area (Å²) in [6.07, 6.45) is -2.35. The highest BCUT2D eigenvalue weighted by molar-refractivity contribution is 5.72. The molecular weight excluding hydrogens is 323 g/mol. The van der Waals surface area contributed by atoms with E-state index < -0.39 is 22.8 Å². The van der Waals surface area contributed by atoms with E-state index in [1.54, 1.807) is 6.07 Å². The van der Waals surface area contributed by atoms with E-state index >= 15 is 0 Å². The summed E-state index contributed by atoms with van der Waals surface area (Å²) in [6.45, 7) is 0. The maximum absolute atomic E-state index is 12.9. The van der Waals surface area contributed by atoms with Crippen molar-refractivity contribution in [1.82, 2.24) is 0 Å². The molecule has 1 unspecified atom stereocenters. The van der Waals surface area contributed by atoms with E-state index in [9.17, 15) is 23.3 Å². The number of nitrogens with zero attached hydrogens (tertiary/aromatic N) is 2. The topological polar surface area (TPSA) is 72.4 Å². The Morgan fingerprint density at radius 3 is 2.54 bits per heavy atom. The average Bonchev–Trinajstić information content (AvgIpc) is 2.54. The molecule has 0 saturated carbocycles. The third kappa shape index (κ3) is 2.71. The van der Waals surface area contributed by atoms with Crippen molar-refractivity contribution in [2.75, 3.05) is 4.90 Å². The number of hydrogen-bond donors (Lipinski definition) is 1. The van der Waals surface area contributed by atoms with Gasteiger partial charge in [-0.3, -0.25) is 10.1 Å². The molecule has 0 fully saturated rings. The van der Waals surface area contributed by atoms with Crippen molar-refractivity contribution in [2.45, 2.75) is 12.3 Å². The van der Waals surface area contributed by atoms with E-state index in [2.05, 4.69) is 0 Å². The van der Waals surface area contributed by atoms with Crippen molar-refractivity contribution in [3.63, 3.8) is 0 Å². The molecule has 24 heavy (non-hydrogen) atoms. The fourth-order valence-electron chi connectivity index (χ4n) is 2.66. The Labute approximate surface area is 135 Å². The van der Waals surface area contributed by atoms with Crippen LogP contribution in [0, 0.1) is 10.1 Å². The van der Waals surface area contributed by atoms with Crippen LogP contribution in [0.25, 0.3) is 6.08 Å². The normalized spacial score (nSPS) is 16.8. The van der Waals surface area contributed by atoms with Crippen LogP contribution in [0.1, 0.15) is 22.9 Å². The van der Waals surface area contributed by atoms with Gasteiger partial charge in [0, 0.05) is 23.5 Å². The smallest absolute Gasteiger partial charge is 0.328 e. The number of nitro groups is 1. The van der Waals surface area contributed by atoms with Gasteiger partial charge < -0.3 is 10.6 Å². The minimum absolute atomic E-state index is 0.0945. The standard InChI is InChI=1S/C16H12F3N3O2/c17-16(18,19)10-3-1-4-11(9-10)21-8-7-12-13(15(21)20)5-2-6-14(12)22(23)24/h1-9,15H,20H2. The molecule has 0 aromatic heterocycles. The number of benzene rings is 2. The molecule has 0 spiro atoms. The first-order valence-electron chi connectivity index (χ1n) is 6.96. The third-order valence-corrected chi connectivity index (χ3v) is 3.81. The van der Waals surface area contributed by atoms with Crippen LogP contribution < -0.4 is 10.6 Å². The van der Waals surface area contributed by atoms with Crippen LogP contribution in [0.5, 0.6) is 0 Å². The van der Waals surface area contributed by atoms with Crippen molar-refractivity contribution in [3.05, 3.63) is 75.5 Å². The Kier molecular flexibility index (Phi) is 3.76. The predicted molar refractivity (Wildman–Crippen MR) is 83.0 cm³/mol. The Morgan fingerprint density at radius 1 is 1.17 bits per heavy atom. The molecular formula is C16H12F3N3O2. The van der Waals surface area contributed by atoms with E-state index in [1.807, 2.05) is 0 Å².